The van der Waals surface area contributed by atoms with Crippen LogP contribution < -0.4 is 10.1 Å². The molecule has 1 N–H and O–H groups in total. The van der Waals surface area contributed by atoms with Crippen molar-refractivity contribution in [2.24, 2.45) is 0 Å². The third-order valence-electron chi connectivity index (χ3n) is 4.93. The number of aromatic nitrogens is 3. The molecule has 4 rings (SSSR count). The lowest BCUT2D eigenvalue weighted by molar-refractivity contribution is -0.130. The van der Waals surface area contributed by atoms with E-state index < -0.39 is 0 Å². The van der Waals surface area contributed by atoms with Gasteiger partial charge in [-0.15, -0.1) is 10.2 Å². The highest BCUT2D eigenvalue weighted by atomic mass is 32.2. The summed E-state index contributed by atoms with van der Waals surface area (Å²) in [6.45, 7) is 4.16. The van der Waals surface area contributed by atoms with Gasteiger partial charge in [0.15, 0.2) is 4.34 Å². The number of carbonyl (C=O) groups excluding carboxylic acids is 1. The highest BCUT2D eigenvalue weighted by Crippen LogP contribution is 2.29. The van der Waals surface area contributed by atoms with E-state index in [0.717, 1.165) is 48.5 Å². The van der Waals surface area contributed by atoms with E-state index in [9.17, 15) is 4.79 Å². The first-order valence-electron chi connectivity index (χ1n) is 9.96. The summed E-state index contributed by atoms with van der Waals surface area (Å²) in [5.41, 5.74) is 2.13. The summed E-state index contributed by atoms with van der Waals surface area (Å²) in [5, 5.41) is 12.3. The molecule has 0 spiro atoms. The molecule has 10 heteroatoms. The molecule has 3 aromatic rings. The van der Waals surface area contributed by atoms with E-state index in [1.54, 1.807) is 7.11 Å². The first-order chi connectivity index (χ1) is 15.2. The molecule has 1 fully saturated rings. The Hall–Kier alpha value is -2.69. The van der Waals surface area contributed by atoms with Gasteiger partial charge in [-0.1, -0.05) is 29.2 Å². The van der Waals surface area contributed by atoms with E-state index in [4.69, 9.17) is 4.74 Å². The maximum Gasteiger partial charge on any atom is 0.233 e. The molecule has 1 aromatic carbocycles. The summed E-state index contributed by atoms with van der Waals surface area (Å²) in [6.07, 6.45) is 3.63. The number of hydrogen-bond donors (Lipinski definition) is 1. The molecule has 0 radical (unpaired) electrons. The Morgan fingerprint density at radius 2 is 1.97 bits per heavy atom. The molecule has 8 nitrogen and oxygen atoms in total. The van der Waals surface area contributed by atoms with Crippen LogP contribution in [0.1, 0.15) is 5.56 Å². The van der Waals surface area contributed by atoms with E-state index in [1.165, 1.54) is 28.7 Å². The Labute approximate surface area is 189 Å². The number of hydrogen-bond acceptors (Lipinski definition) is 9. The minimum Gasteiger partial charge on any atom is -0.497 e. The minimum absolute atomic E-state index is 0.145. The smallest absolute Gasteiger partial charge is 0.233 e. The number of ether oxygens (including phenoxy) is 1. The molecular weight excluding hydrogens is 432 g/mol. The number of pyridine rings is 1. The highest BCUT2D eigenvalue weighted by molar-refractivity contribution is 8.01. The predicted molar refractivity (Wildman–Crippen MR) is 123 cm³/mol. The van der Waals surface area contributed by atoms with Crippen molar-refractivity contribution in [1.82, 2.24) is 25.0 Å². The maximum absolute atomic E-state index is 12.6. The monoisotopic (exact) mass is 456 g/mol. The Kier molecular flexibility index (Phi) is 7.34. The van der Waals surface area contributed by atoms with Crippen LogP contribution in [0.2, 0.25) is 0 Å². The van der Waals surface area contributed by atoms with Crippen molar-refractivity contribution in [2.45, 2.75) is 10.9 Å². The van der Waals surface area contributed by atoms with Crippen LogP contribution >= 0.6 is 23.1 Å². The van der Waals surface area contributed by atoms with Crippen molar-refractivity contribution < 1.29 is 9.53 Å². The molecule has 0 aliphatic carbocycles. The van der Waals surface area contributed by atoms with Crippen LogP contribution in [0.15, 0.2) is 53.1 Å². The van der Waals surface area contributed by atoms with Gasteiger partial charge in [0.1, 0.15) is 5.75 Å². The number of thioether (sulfide) groups is 1. The summed E-state index contributed by atoms with van der Waals surface area (Å²) < 4.78 is 6.01. The van der Waals surface area contributed by atoms with Crippen molar-refractivity contribution in [2.75, 3.05) is 44.4 Å². The van der Waals surface area contributed by atoms with Crippen LogP contribution in [-0.2, 0) is 11.3 Å². The third-order valence-corrected chi connectivity index (χ3v) is 6.88. The molecule has 1 aliphatic rings. The summed E-state index contributed by atoms with van der Waals surface area (Å²) in [4.78, 5) is 21.0. The molecule has 1 aliphatic heterocycles. The van der Waals surface area contributed by atoms with Gasteiger partial charge in [-0.25, -0.2) is 0 Å². The summed E-state index contributed by atoms with van der Waals surface area (Å²) in [5.74, 6) is 1.29. The van der Waals surface area contributed by atoms with Crippen molar-refractivity contribution >= 4 is 39.8 Å². The van der Waals surface area contributed by atoms with Gasteiger partial charge in [0.2, 0.25) is 11.0 Å². The lowest BCUT2D eigenvalue weighted by atomic mass is 10.2. The van der Waals surface area contributed by atoms with Crippen molar-refractivity contribution in [3.05, 3.63) is 54.4 Å². The van der Waals surface area contributed by atoms with Crippen LogP contribution in [0.4, 0.5) is 10.8 Å². The lowest BCUT2D eigenvalue weighted by Gasteiger charge is -2.34. The normalized spacial score (nSPS) is 14.4. The Morgan fingerprint density at radius 3 is 2.74 bits per heavy atom. The summed E-state index contributed by atoms with van der Waals surface area (Å²) >= 11 is 2.87. The van der Waals surface area contributed by atoms with Crippen LogP contribution in [0.25, 0.3) is 0 Å². The second-order valence-electron chi connectivity index (χ2n) is 7.03. The zero-order valence-electron chi connectivity index (χ0n) is 17.2. The van der Waals surface area contributed by atoms with Crippen molar-refractivity contribution in [3.8, 4) is 5.75 Å². The average Bonchev–Trinajstić information content (AvgIpc) is 3.26. The van der Waals surface area contributed by atoms with Gasteiger partial charge in [-0.05, 0) is 29.8 Å². The first-order valence-corrected chi connectivity index (χ1v) is 11.8. The molecule has 0 bridgehead atoms. The number of rotatable bonds is 8. The SMILES string of the molecule is COc1cccc(Nc2nnc(SCC(=O)N3CCN(Cc4ccncc4)CC3)s2)c1. The van der Waals surface area contributed by atoms with Gasteiger partial charge in [0.05, 0.1) is 12.9 Å². The van der Waals surface area contributed by atoms with Gasteiger partial charge >= 0.3 is 0 Å². The van der Waals surface area contributed by atoms with Crippen LogP contribution in [0, 0.1) is 0 Å². The topological polar surface area (TPSA) is 83.5 Å². The Bertz CT molecular complexity index is 992. The number of carbonyl (C=O) groups is 1. The number of amides is 1. The summed E-state index contributed by atoms with van der Waals surface area (Å²) in [7, 11) is 1.64. The van der Waals surface area contributed by atoms with Gasteiger partial charge < -0.3 is 15.0 Å². The Morgan fingerprint density at radius 1 is 1.16 bits per heavy atom. The van der Waals surface area contributed by atoms with Gasteiger partial charge in [0.25, 0.3) is 0 Å². The van der Waals surface area contributed by atoms with Crippen LogP contribution in [-0.4, -0.2) is 69.9 Å². The predicted octanol–water partition coefficient (Wildman–Crippen LogP) is 3.12. The number of methoxy groups -OCH3 is 1. The van der Waals surface area contributed by atoms with E-state index in [2.05, 4.69) is 25.4 Å². The van der Waals surface area contributed by atoms with Crippen molar-refractivity contribution in [3.63, 3.8) is 0 Å². The van der Waals surface area contributed by atoms with E-state index >= 15 is 0 Å². The number of piperazine rings is 1. The second-order valence-corrected chi connectivity index (χ2v) is 9.23. The number of benzene rings is 1. The van der Waals surface area contributed by atoms with Gasteiger partial charge in [-0.3, -0.25) is 14.7 Å². The molecule has 2 aromatic heterocycles. The molecule has 1 amide bonds. The largest absolute Gasteiger partial charge is 0.497 e. The van der Waals surface area contributed by atoms with E-state index in [0.29, 0.717) is 10.9 Å². The van der Waals surface area contributed by atoms with Gasteiger partial charge in [-0.2, -0.15) is 0 Å². The summed E-state index contributed by atoms with van der Waals surface area (Å²) in [6, 6.07) is 11.7. The highest BCUT2D eigenvalue weighted by Gasteiger charge is 2.21. The zero-order chi connectivity index (χ0) is 21.5. The number of nitrogens with one attached hydrogen (secondary N) is 1. The van der Waals surface area contributed by atoms with Crippen LogP contribution in [0.5, 0.6) is 5.75 Å². The fraction of sp³-hybridized carbons (Fsp3) is 0.333. The van der Waals surface area contributed by atoms with E-state index in [-0.39, 0.29) is 5.91 Å². The van der Waals surface area contributed by atoms with Crippen molar-refractivity contribution in [1.29, 1.82) is 0 Å². The molecular formula is C21H24N6O2S2. The quantitative estimate of drug-likeness (QED) is 0.518. The minimum atomic E-state index is 0.145. The fourth-order valence-electron chi connectivity index (χ4n) is 3.26. The molecule has 1 saturated heterocycles. The van der Waals surface area contributed by atoms with Gasteiger partial charge in [0, 0.05) is 56.9 Å². The Balaban J connectivity index is 1.21. The van der Waals surface area contributed by atoms with Crippen LogP contribution in [0.3, 0.4) is 0 Å². The molecule has 31 heavy (non-hydrogen) atoms. The number of anilines is 2. The zero-order valence-corrected chi connectivity index (χ0v) is 18.9. The molecule has 0 atom stereocenters. The molecule has 0 saturated carbocycles. The molecule has 162 valence electrons. The third kappa shape index (κ3) is 6.16. The molecule has 0 unspecified atom stereocenters. The lowest BCUT2D eigenvalue weighted by Crippen LogP contribution is -2.48. The fourth-order valence-corrected chi connectivity index (χ4v) is 4.93. The maximum atomic E-state index is 12.6. The second kappa shape index (κ2) is 10.6. The number of nitrogens with zero attached hydrogens (tertiary/aromatic N) is 5. The average molecular weight is 457 g/mol. The first kappa shape index (κ1) is 21.5. The standard InChI is InChI=1S/C21H24N6O2S2/c1-29-18-4-2-3-17(13-18)23-20-24-25-21(31-20)30-15-19(28)27-11-9-26(10-12-27)14-16-5-7-22-8-6-16/h2-8,13H,9-12,14-15H2,1H3,(H,23,24). The molecule has 3 heterocycles. The van der Waals surface area contributed by atoms with E-state index in [1.807, 2.05) is 53.7 Å².